The van der Waals surface area contributed by atoms with Crippen LogP contribution in [0.3, 0.4) is 0 Å². The summed E-state index contributed by atoms with van der Waals surface area (Å²) in [5.41, 5.74) is -1.27. The summed E-state index contributed by atoms with van der Waals surface area (Å²) < 4.78 is 0. The highest BCUT2D eigenvalue weighted by Crippen LogP contribution is 2.21. The van der Waals surface area contributed by atoms with Crippen molar-refractivity contribution in [1.29, 1.82) is 0 Å². The summed E-state index contributed by atoms with van der Waals surface area (Å²) >= 11 is 0. The van der Waals surface area contributed by atoms with Crippen molar-refractivity contribution >= 4 is 17.8 Å². The molecule has 1 rings (SSSR count). The predicted octanol–water partition coefficient (Wildman–Crippen LogP) is 0.613. The molecule has 0 radical (unpaired) electrons. The SMILES string of the molecule is CCC(C)(NC(=O)C1CC(=O)N(C(C)C)C1)C(=O)O. The Hall–Kier alpha value is -1.59. The van der Waals surface area contributed by atoms with Gasteiger partial charge >= 0.3 is 5.97 Å². The number of nitrogens with zero attached hydrogens (tertiary/aromatic N) is 1. The molecule has 1 aliphatic rings. The summed E-state index contributed by atoms with van der Waals surface area (Å²) in [6, 6.07) is 0.0577. The molecule has 1 saturated heterocycles. The number of carbonyl (C=O) groups is 3. The molecule has 1 aliphatic heterocycles. The minimum Gasteiger partial charge on any atom is -0.480 e. The lowest BCUT2D eigenvalue weighted by Gasteiger charge is -2.26. The highest BCUT2D eigenvalue weighted by atomic mass is 16.4. The zero-order chi connectivity index (χ0) is 14.8. The van der Waals surface area contributed by atoms with E-state index in [0.717, 1.165) is 0 Å². The number of amides is 2. The predicted molar refractivity (Wildman–Crippen MR) is 69.4 cm³/mol. The first-order valence-electron chi connectivity index (χ1n) is 6.56. The molecule has 1 heterocycles. The van der Waals surface area contributed by atoms with Gasteiger partial charge in [-0.1, -0.05) is 6.92 Å². The van der Waals surface area contributed by atoms with Gasteiger partial charge in [-0.15, -0.1) is 0 Å². The largest absolute Gasteiger partial charge is 0.480 e. The van der Waals surface area contributed by atoms with Crippen molar-refractivity contribution in [3.05, 3.63) is 0 Å². The Morgan fingerprint density at radius 3 is 2.47 bits per heavy atom. The highest BCUT2D eigenvalue weighted by Gasteiger charge is 2.40. The quantitative estimate of drug-likeness (QED) is 0.766. The van der Waals surface area contributed by atoms with Crippen LogP contribution in [0.15, 0.2) is 0 Å². The van der Waals surface area contributed by atoms with E-state index in [1.807, 2.05) is 13.8 Å². The van der Waals surface area contributed by atoms with Crippen LogP contribution >= 0.6 is 0 Å². The van der Waals surface area contributed by atoms with Crippen molar-refractivity contribution in [2.24, 2.45) is 5.92 Å². The minimum absolute atomic E-state index is 0.0522. The van der Waals surface area contributed by atoms with Gasteiger partial charge in [-0.3, -0.25) is 9.59 Å². The van der Waals surface area contributed by atoms with Gasteiger partial charge in [-0.05, 0) is 27.2 Å². The lowest BCUT2D eigenvalue weighted by atomic mass is 9.97. The van der Waals surface area contributed by atoms with E-state index in [9.17, 15) is 14.4 Å². The van der Waals surface area contributed by atoms with Gasteiger partial charge in [0, 0.05) is 19.0 Å². The van der Waals surface area contributed by atoms with E-state index >= 15 is 0 Å². The molecule has 0 bridgehead atoms. The Morgan fingerprint density at radius 2 is 2.11 bits per heavy atom. The fourth-order valence-corrected chi connectivity index (χ4v) is 2.07. The Balaban J connectivity index is 2.71. The number of likely N-dealkylation sites (tertiary alicyclic amines) is 1. The lowest BCUT2D eigenvalue weighted by molar-refractivity contribution is -0.147. The van der Waals surface area contributed by atoms with Crippen molar-refractivity contribution in [3.8, 4) is 0 Å². The molecule has 2 amide bonds. The molecule has 6 nitrogen and oxygen atoms in total. The van der Waals surface area contributed by atoms with Crippen LogP contribution < -0.4 is 5.32 Å². The molecule has 0 aromatic carbocycles. The number of carbonyl (C=O) groups excluding carboxylic acids is 2. The second-order valence-corrected chi connectivity index (χ2v) is 5.52. The van der Waals surface area contributed by atoms with Crippen LogP contribution in [0.5, 0.6) is 0 Å². The summed E-state index contributed by atoms with van der Waals surface area (Å²) in [5, 5.41) is 11.7. The third-order valence-corrected chi connectivity index (χ3v) is 3.73. The van der Waals surface area contributed by atoms with E-state index < -0.39 is 17.4 Å². The second kappa shape index (κ2) is 5.59. The molecule has 0 aromatic rings. The van der Waals surface area contributed by atoms with Gasteiger partial charge in [0.05, 0.1) is 5.92 Å². The molecule has 108 valence electrons. The van der Waals surface area contributed by atoms with Gasteiger partial charge in [0.2, 0.25) is 11.8 Å². The van der Waals surface area contributed by atoms with E-state index in [2.05, 4.69) is 5.32 Å². The number of carboxylic acid groups (broad SMARTS) is 1. The van der Waals surface area contributed by atoms with E-state index in [1.165, 1.54) is 6.92 Å². The third kappa shape index (κ3) is 3.24. The van der Waals surface area contributed by atoms with Crippen molar-refractivity contribution in [3.63, 3.8) is 0 Å². The maximum atomic E-state index is 12.1. The van der Waals surface area contributed by atoms with Gasteiger partial charge in [0.25, 0.3) is 0 Å². The molecule has 2 N–H and O–H groups in total. The topological polar surface area (TPSA) is 86.7 Å². The van der Waals surface area contributed by atoms with Gasteiger partial charge in [-0.2, -0.15) is 0 Å². The smallest absolute Gasteiger partial charge is 0.329 e. The van der Waals surface area contributed by atoms with Gasteiger partial charge in [0.1, 0.15) is 5.54 Å². The van der Waals surface area contributed by atoms with Crippen LogP contribution in [0.1, 0.15) is 40.5 Å². The first-order chi connectivity index (χ1) is 8.71. The summed E-state index contributed by atoms with van der Waals surface area (Å²) in [4.78, 5) is 36.6. The second-order valence-electron chi connectivity index (χ2n) is 5.52. The number of rotatable bonds is 5. The first-order valence-corrected chi connectivity index (χ1v) is 6.56. The van der Waals surface area contributed by atoms with E-state index in [-0.39, 0.29) is 24.3 Å². The summed E-state index contributed by atoms with van der Waals surface area (Å²) in [6.45, 7) is 7.33. The molecular weight excluding hydrogens is 248 g/mol. The van der Waals surface area contributed by atoms with Crippen LogP contribution in [-0.4, -0.2) is 45.9 Å². The monoisotopic (exact) mass is 270 g/mol. The maximum absolute atomic E-state index is 12.1. The van der Waals surface area contributed by atoms with Crippen LogP contribution in [0.4, 0.5) is 0 Å². The third-order valence-electron chi connectivity index (χ3n) is 3.73. The molecule has 1 fully saturated rings. The Morgan fingerprint density at radius 1 is 1.53 bits per heavy atom. The molecule has 19 heavy (non-hydrogen) atoms. The van der Waals surface area contributed by atoms with E-state index in [1.54, 1.807) is 11.8 Å². The van der Waals surface area contributed by atoms with Crippen LogP contribution in [0.25, 0.3) is 0 Å². The van der Waals surface area contributed by atoms with Crippen LogP contribution in [0.2, 0.25) is 0 Å². The number of carboxylic acids is 1. The number of aliphatic carboxylic acids is 1. The molecule has 2 unspecified atom stereocenters. The van der Waals surface area contributed by atoms with Crippen LogP contribution in [-0.2, 0) is 14.4 Å². The summed E-state index contributed by atoms with van der Waals surface area (Å²) in [7, 11) is 0. The minimum atomic E-state index is -1.27. The zero-order valence-electron chi connectivity index (χ0n) is 11.9. The van der Waals surface area contributed by atoms with Crippen molar-refractivity contribution in [2.75, 3.05) is 6.54 Å². The summed E-state index contributed by atoms with van der Waals surface area (Å²) in [6.07, 6.45) is 0.450. The Bertz CT molecular complexity index is 394. The summed E-state index contributed by atoms with van der Waals surface area (Å²) in [5.74, 6) is -1.93. The fraction of sp³-hybridized carbons (Fsp3) is 0.769. The molecule has 0 aliphatic carbocycles. The van der Waals surface area contributed by atoms with Crippen molar-refractivity contribution in [2.45, 2.75) is 52.1 Å². The lowest BCUT2D eigenvalue weighted by Crippen LogP contribution is -2.53. The Kier molecular flexibility index (Phi) is 4.55. The zero-order valence-corrected chi connectivity index (χ0v) is 11.9. The number of hydrogen-bond acceptors (Lipinski definition) is 3. The molecular formula is C13H22N2O4. The normalized spacial score (nSPS) is 22.5. The van der Waals surface area contributed by atoms with Gasteiger partial charge < -0.3 is 15.3 Å². The average Bonchev–Trinajstić information content (AvgIpc) is 2.71. The van der Waals surface area contributed by atoms with Crippen molar-refractivity contribution in [1.82, 2.24) is 10.2 Å². The maximum Gasteiger partial charge on any atom is 0.329 e. The van der Waals surface area contributed by atoms with E-state index in [4.69, 9.17) is 5.11 Å². The standard InChI is InChI=1S/C13H22N2O4/c1-5-13(4,12(18)19)14-11(17)9-6-10(16)15(7-9)8(2)3/h8-9H,5-7H2,1-4H3,(H,14,17)(H,18,19). The highest BCUT2D eigenvalue weighted by molar-refractivity contribution is 5.92. The number of nitrogens with one attached hydrogen (secondary N) is 1. The van der Waals surface area contributed by atoms with Crippen molar-refractivity contribution < 1.29 is 19.5 Å². The van der Waals surface area contributed by atoms with E-state index in [0.29, 0.717) is 13.0 Å². The Labute approximate surface area is 113 Å². The average molecular weight is 270 g/mol. The molecule has 0 aromatic heterocycles. The molecule has 0 saturated carbocycles. The van der Waals surface area contributed by atoms with Crippen LogP contribution in [0, 0.1) is 5.92 Å². The van der Waals surface area contributed by atoms with Gasteiger partial charge in [-0.25, -0.2) is 4.79 Å². The molecule has 6 heteroatoms. The molecule has 0 spiro atoms. The molecule has 2 atom stereocenters. The fourth-order valence-electron chi connectivity index (χ4n) is 2.07. The number of hydrogen-bond donors (Lipinski definition) is 2. The first kappa shape index (κ1) is 15.5. The van der Waals surface area contributed by atoms with Gasteiger partial charge in [0.15, 0.2) is 0 Å².